The van der Waals surface area contributed by atoms with E-state index in [1.54, 1.807) is 11.3 Å². The summed E-state index contributed by atoms with van der Waals surface area (Å²) in [5.41, 5.74) is 3.98. The predicted molar refractivity (Wildman–Crippen MR) is 78.5 cm³/mol. The van der Waals surface area contributed by atoms with Gasteiger partial charge in [-0.25, -0.2) is 0 Å². The molecule has 0 spiro atoms. The van der Waals surface area contributed by atoms with E-state index in [-0.39, 0.29) is 11.3 Å². The Morgan fingerprint density at radius 2 is 2.28 bits per heavy atom. The van der Waals surface area contributed by atoms with Crippen molar-refractivity contribution >= 4 is 50.5 Å². The maximum Gasteiger partial charge on any atom is 0.228 e. The third-order valence-corrected chi connectivity index (χ3v) is 4.83. The number of carbonyl (C=O) groups is 1. The third kappa shape index (κ3) is 2.09. The molecule has 0 saturated carbocycles. The summed E-state index contributed by atoms with van der Waals surface area (Å²) in [4.78, 5) is 11.4. The number of hydrogen-bond acceptors (Lipinski definition) is 2. The Morgan fingerprint density at radius 3 is 3.00 bits per heavy atom. The molecule has 3 rings (SSSR count). The summed E-state index contributed by atoms with van der Waals surface area (Å²) < 4.78 is 0.926. The highest BCUT2D eigenvalue weighted by Crippen LogP contribution is 2.38. The summed E-state index contributed by atoms with van der Waals surface area (Å²) >= 11 is 11.6. The molecule has 1 aromatic carbocycles. The van der Waals surface area contributed by atoms with Crippen molar-refractivity contribution in [3.63, 3.8) is 0 Å². The molecule has 2 nitrogen and oxygen atoms in total. The van der Waals surface area contributed by atoms with Crippen LogP contribution in [0.5, 0.6) is 0 Å². The molecule has 1 amide bonds. The molecule has 0 saturated heterocycles. The Morgan fingerprint density at radius 1 is 1.44 bits per heavy atom. The van der Waals surface area contributed by atoms with Crippen molar-refractivity contribution < 1.29 is 4.79 Å². The number of nitrogens with one attached hydrogen (secondary N) is 1. The number of anilines is 1. The van der Waals surface area contributed by atoms with E-state index in [9.17, 15) is 4.79 Å². The highest BCUT2D eigenvalue weighted by Gasteiger charge is 2.22. The molecular formula is C13H9BrClNOS. The number of carbonyl (C=O) groups excluding carboxylic acids is 1. The van der Waals surface area contributed by atoms with Gasteiger partial charge in [-0.3, -0.25) is 4.79 Å². The molecule has 2 heterocycles. The number of benzene rings is 1. The average Bonchev–Trinajstić information content (AvgIpc) is 2.94. The zero-order valence-corrected chi connectivity index (χ0v) is 12.4. The Labute approximate surface area is 122 Å². The Kier molecular flexibility index (Phi) is 3.18. The Balaban J connectivity index is 2.03. The van der Waals surface area contributed by atoms with Crippen LogP contribution in [0.4, 0.5) is 5.69 Å². The SMILES string of the molecule is O=C1Cc2cc(C(Cl)c3ccsc3)c(Br)cc2N1. The number of thiophene rings is 1. The monoisotopic (exact) mass is 341 g/mol. The minimum atomic E-state index is -0.188. The van der Waals surface area contributed by atoms with Crippen LogP contribution in [0.2, 0.25) is 0 Å². The fraction of sp³-hybridized carbons (Fsp3) is 0.154. The van der Waals surface area contributed by atoms with E-state index in [0.717, 1.165) is 26.9 Å². The molecule has 1 N–H and O–H groups in total. The standard InChI is InChI=1S/C13H9BrClNOS/c14-10-5-11-8(4-12(17)16-11)3-9(10)13(15)7-1-2-18-6-7/h1-3,5-6,13H,4H2,(H,16,17). The first-order valence-electron chi connectivity index (χ1n) is 5.43. The molecule has 2 aromatic rings. The highest BCUT2D eigenvalue weighted by molar-refractivity contribution is 9.10. The van der Waals surface area contributed by atoms with Gasteiger partial charge in [-0.2, -0.15) is 11.3 Å². The van der Waals surface area contributed by atoms with Crippen LogP contribution in [0, 0.1) is 0 Å². The Bertz CT molecular complexity index is 612. The molecule has 92 valence electrons. The topological polar surface area (TPSA) is 29.1 Å². The lowest BCUT2D eigenvalue weighted by atomic mass is 10.0. The van der Waals surface area contributed by atoms with Crippen molar-refractivity contribution in [2.45, 2.75) is 11.8 Å². The second-order valence-electron chi connectivity index (χ2n) is 4.18. The van der Waals surface area contributed by atoms with E-state index in [1.807, 2.05) is 29.0 Å². The molecule has 1 aromatic heterocycles. The van der Waals surface area contributed by atoms with Crippen LogP contribution in [0.1, 0.15) is 22.1 Å². The lowest BCUT2D eigenvalue weighted by molar-refractivity contribution is -0.115. The van der Waals surface area contributed by atoms with Crippen LogP contribution in [-0.4, -0.2) is 5.91 Å². The number of alkyl halides is 1. The zero-order valence-electron chi connectivity index (χ0n) is 9.24. The summed E-state index contributed by atoms with van der Waals surface area (Å²) in [6.45, 7) is 0. The summed E-state index contributed by atoms with van der Waals surface area (Å²) in [6.07, 6.45) is 0.433. The Hall–Kier alpha value is -0.840. The third-order valence-electron chi connectivity index (χ3n) is 2.96. The van der Waals surface area contributed by atoms with Gasteiger partial charge in [-0.15, -0.1) is 11.6 Å². The summed E-state index contributed by atoms with van der Waals surface area (Å²) in [7, 11) is 0. The molecule has 18 heavy (non-hydrogen) atoms. The van der Waals surface area contributed by atoms with E-state index in [4.69, 9.17) is 11.6 Å². The normalized spacial score (nSPS) is 15.3. The molecule has 0 radical (unpaired) electrons. The number of hydrogen-bond donors (Lipinski definition) is 1. The van der Waals surface area contributed by atoms with Gasteiger partial charge in [0, 0.05) is 10.2 Å². The number of fused-ring (bicyclic) bond motifs is 1. The minimum absolute atomic E-state index is 0.0377. The van der Waals surface area contributed by atoms with Crippen LogP contribution < -0.4 is 5.32 Å². The van der Waals surface area contributed by atoms with Gasteiger partial charge < -0.3 is 5.32 Å². The van der Waals surface area contributed by atoms with Gasteiger partial charge in [-0.05, 0) is 39.6 Å². The van der Waals surface area contributed by atoms with Gasteiger partial charge in [0.15, 0.2) is 0 Å². The second kappa shape index (κ2) is 4.68. The van der Waals surface area contributed by atoms with Gasteiger partial charge >= 0.3 is 0 Å². The first-order valence-corrected chi connectivity index (χ1v) is 7.60. The molecular weight excluding hydrogens is 334 g/mol. The number of rotatable bonds is 2. The van der Waals surface area contributed by atoms with Crippen molar-refractivity contribution in [1.29, 1.82) is 0 Å². The predicted octanol–water partition coefficient (Wildman–Crippen LogP) is 4.33. The van der Waals surface area contributed by atoms with Crippen LogP contribution >= 0.6 is 38.9 Å². The van der Waals surface area contributed by atoms with E-state index in [1.165, 1.54) is 0 Å². The summed E-state index contributed by atoms with van der Waals surface area (Å²) in [5, 5.41) is 6.69. The van der Waals surface area contributed by atoms with Crippen molar-refractivity contribution in [3.8, 4) is 0 Å². The van der Waals surface area contributed by atoms with Crippen LogP contribution in [0.15, 0.2) is 33.4 Å². The van der Waals surface area contributed by atoms with Crippen molar-refractivity contribution in [2.24, 2.45) is 0 Å². The zero-order chi connectivity index (χ0) is 12.7. The number of halogens is 2. The highest BCUT2D eigenvalue weighted by atomic mass is 79.9. The van der Waals surface area contributed by atoms with E-state index < -0.39 is 0 Å². The lowest BCUT2D eigenvalue weighted by Gasteiger charge is -2.12. The van der Waals surface area contributed by atoms with Gasteiger partial charge in [0.1, 0.15) is 0 Å². The molecule has 1 atom stereocenters. The summed E-state index contributed by atoms with van der Waals surface area (Å²) in [6, 6.07) is 5.95. The van der Waals surface area contributed by atoms with Gasteiger partial charge in [-0.1, -0.05) is 22.0 Å². The van der Waals surface area contributed by atoms with Gasteiger partial charge in [0.05, 0.1) is 11.8 Å². The molecule has 0 bridgehead atoms. The van der Waals surface area contributed by atoms with Crippen molar-refractivity contribution in [1.82, 2.24) is 0 Å². The smallest absolute Gasteiger partial charge is 0.228 e. The quantitative estimate of drug-likeness (QED) is 0.809. The summed E-state index contributed by atoms with van der Waals surface area (Å²) in [5.74, 6) is 0.0377. The van der Waals surface area contributed by atoms with Crippen molar-refractivity contribution in [3.05, 3.63) is 50.1 Å². The first kappa shape index (κ1) is 12.2. The van der Waals surface area contributed by atoms with Gasteiger partial charge in [0.2, 0.25) is 5.91 Å². The minimum Gasteiger partial charge on any atom is -0.325 e. The number of amides is 1. The molecule has 1 unspecified atom stereocenters. The molecule has 0 aliphatic carbocycles. The van der Waals surface area contributed by atoms with Crippen molar-refractivity contribution in [2.75, 3.05) is 5.32 Å². The second-order valence-corrected chi connectivity index (χ2v) is 6.25. The van der Waals surface area contributed by atoms with Crippen LogP contribution in [0.3, 0.4) is 0 Å². The lowest BCUT2D eigenvalue weighted by Crippen LogP contribution is -2.03. The molecule has 5 heteroatoms. The first-order chi connectivity index (χ1) is 8.65. The maximum atomic E-state index is 11.4. The largest absolute Gasteiger partial charge is 0.325 e. The fourth-order valence-corrected chi connectivity index (χ4v) is 3.84. The van der Waals surface area contributed by atoms with E-state index >= 15 is 0 Å². The fourth-order valence-electron chi connectivity index (χ4n) is 2.06. The average molecular weight is 343 g/mol. The molecule has 0 fully saturated rings. The van der Waals surface area contributed by atoms with Crippen LogP contribution in [0.25, 0.3) is 0 Å². The van der Waals surface area contributed by atoms with E-state index in [0.29, 0.717) is 6.42 Å². The molecule has 1 aliphatic rings. The molecule has 1 aliphatic heterocycles. The van der Waals surface area contributed by atoms with E-state index in [2.05, 4.69) is 21.2 Å². The van der Waals surface area contributed by atoms with Crippen LogP contribution in [-0.2, 0) is 11.2 Å². The maximum absolute atomic E-state index is 11.4. The van der Waals surface area contributed by atoms with Gasteiger partial charge in [0.25, 0.3) is 0 Å².